The van der Waals surface area contributed by atoms with Crippen molar-refractivity contribution in [2.24, 2.45) is 0 Å². The van der Waals surface area contributed by atoms with Crippen LogP contribution in [0.2, 0.25) is 5.82 Å². The van der Waals surface area contributed by atoms with Crippen LogP contribution in [0.25, 0.3) is 0 Å². The maximum atomic E-state index is 11.8. The molecule has 88 valence electrons. The zero-order valence-corrected chi connectivity index (χ0v) is 9.72. The van der Waals surface area contributed by atoms with Gasteiger partial charge in [-0.25, -0.2) is 4.79 Å². The minimum atomic E-state index is -0.377. The fourth-order valence-corrected chi connectivity index (χ4v) is 2.66. The molecule has 2 aliphatic rings. The van der Waals surface area contributed by atoms with Gasteiger partial charge in [0.25, 0.3) is 0 Å². The molecule has 0 aromatic heterocycles. The largest absolute Gasteiger partial charge is 0.600 e. The van der Waals surface area contributed by atoms with Crippen LogP contribution < -0.4 is 4.65 Å². The SMILES string of the molecule is O=C1OB(C2CCCCC2)Oc2ccccc21. The quantitative estimate of drug-likeness (QED) is 0.695. The molecule has 1 aliphatic carbocycles. The second kappa shape index (κ2) is 4.44. The molecule has 1 aromatic rings. The number of rotatable bonds is 1. The lowest BCUT2D eigenvalue weighted by atomic mass is 9.64. The lowest BCUT2D eigenvalue weighted by Crippen LogP contribution is -2.39. The second-order valence-corrected chi connectivity index (χ2v) is 4.79. The number of carbonyl (C=O) groups excluding carboxylic acids is 1. The van der Waals surface area contributed by atoms with Crippen LogP contribution in [0.1, 0.15) is 42.5 Å². The normalized spacial score (nSPS) is 20.5. The summed E-state index contributed by atoms with van der Waals surface area (Å²) < 4.78 is 11.2. The zero-order chi connectivity index (χ0) is 11.7. The Morgan fingerprint density at radius 3 is 2.65 bits per heavy atom. The van der Waals surface area contributed by atoms with E-state index in [9.17, 15) is 4.79 Å². The van der Waals surface area contributed by atoms with E-state index in [1.165, 1.54) is 19.3 Å². The van der Waals surface area contributed by atoms with Crippen LogP contribution in [-0.4, -0.2) is 13.1 Å². The van der Waals surface area contributed by atoms with Crippen molar-refractivity contribution in [1.82, 2.24) is 0 Å². The number of hydrogen-bond acceptors (Lipinski definition) is 3. The van der Waals surface area contributed by atoms with E-state index >= 15 is 0 Å². The van der Waals surface area contributed by atoms with Crippen LogP contribution >= 0.6 is 0 Å². The molecule has 0 unspecified atom stereocenters. The van der Waals surface area contributed by atoms with E-state index < -0.39 is 0 Å². The Bertz CT molecular complexity index is 426. The predicted molar refractivity (Wildman–Crippen MR) is 65.1 cm³/mol. The highest BCUT2D eigenvalue weighted by atomic mass is 16.6. The first-order valence-electron chi connectivity index (χ1n) is 6.31. The Morgan fingerprint density at radius 1 is 1.06 bits per heavy atom. The molecule has 1 heterocycles. The number of para-hydroxylation sites is 1. The summed E-state index contributed by atoms with van der Waals surface area (Å²) in [6, 6.07) is 7.29. The first kappa shape index (κ1) is 10.7. The number of carbonyl (C=O) groups is 1. The third-order valence-electron chi connectivity index (χ3n) is 3.61. The van der Waals surface area contributed by atoms with Crippen molar-refractivity contribution in [3.05, 3.63) is 29.8 Å². The molecule has 1 fully saturated rings. The fourth-order valence-electron chi connectivity index (χ4n) is 2.66. The van der Waals surface area contributed by atoms with Crippen LogP contribution in [0, 0.1) is 0 Å². The summed E-state index contributed by atoms with van der Waals surface area (Å²) in [7, 11) is -0.377. The van der Waals surface area contributed by atoms with E-state index in [1.54, 1.807) is 6.07 Å². The molecule has 4 heteroatoms. The van der Waals surface area contributed by atoms with Crippen molar-refractivity contribution in [3.63, 3.8) is 0 Å². The fraction of sp³-hybridized carbons (Fsp3) is 0.462. The summed E-state index contributed by atoms with van der Waals surface area (Å²) in [6.07, 6.45) is 5.90. The molecule has 3 rings (SSSR count). The monoisotopic (exact) mass is 230 g/mol. The van der Waals surface area contributed by atoms with E-state index in [1.807, 2.05) is 18.2 Å². The van der Waals surface area contributed by atoms with Crippen LogP contribution in [0.15, 0.2) is 24.3 Å². The molecular weight excluding hydrogens is 215 g/mol. The van der Waals surface area contributed by atoms with Gasteiger partial charge in [0.15, 0.2) is 0 Å². The van der Waals surface area contributed by atoms with E-state index in [0.29, 0.717) is 17.1 Å². The average Bonchev–Trinajstić information content (AvgIpc) is 2.40. The van der Waals surface area contributed by atoms with Gasteiger partial charge in [-0.3, -0.25) is 0 Å². The molecule has 1 aromatic carbocycles. The maximum Gasteiger partial charge on any atom is 0.600 e. The molecule has 0 saturated heterocycles. The Morgan fingerprint density at radius 2 is 1.82 bits per heavy atom. The third-order valence-corrected chi connectivity index (χ3v) is 3.61. The van der Waals surface area contributed by atoms with Gasteiger partial charge in [0.05, 0.1) is 5.56 Å². The van der Waals surface area contributed by atoms with E-state index in [0.717, 1.165) is 12.8 Å². The predicted octanol–water partition coefficient (Wildman–Crippen LogP) is 3.06. The van der Waals surface area contributed by atoms with Crippen molar-refractivity contribution in [2.75, 3.05) is 0 Å². The summed E-state index contributed by atoms with van der Waals surface area (Å²) in [5.74, 6) is 0.780. The summed E-state index contributed by atoms with van der Waals surface area (Å²) in [5.41, 5.74) is 0.541. The summed E-state index contributed by atoms with van der Waals surface area (Å²) >= 11 is 0. The first-order chi connectivity index (χ1) is 8.34. The van der Waals surface area contributed by atoms with Gasteiger partial charge in [0.2, 0.25) is 0 Å². The number of benzene rings is 1. The van der Waals surface area contributed by atoms with Gasteiger partial charge in [-0.1, -0.05) is 31.4 Å². The van der Waals surface area contributed by atoms with Crippen molar-refractivity contribution in [3.8, 4) is 5.75 Å². The zero-order valence-electron chi connectivity index (χ0n) is 9.72. The third kappa shape index (κ3) is 2.04. The van der Waals surface area contributed by atoms with Crippen molar-refractivity contribution in [1.29, 1.82) is 0 Å². The summed E-state index contributed by atoms with van der Waals surface area (Å²) in [6.45, 7) is 0. The topological polar surface area (TPSA) is 35.5 Å². The van der Waals surface area contributed by atoms with Crippen LogP contribution in [-0.2, 0) is 4.65 Å². The van der Waals surface area contributed by atoms with Crippen molar-refractivity contribution in [2.45, 2.75) is 37.9 Å². The van der Waals surface area contributed by atoms with E-state index in [4.69, 9.17) is 9.31 Å². The van der Waals surface area contributed by atoms with Gasteiger partial charge < -0.3 is 9.31 Å². The molecular formula is C13H15BO3. The highest BCUT2D eigenvalue weighted by Gasteiger charge is 2.40. The van der Waals surface area contributed by atoms with Gasteiger partial charge >= 0.3 is 13.1 Å². The van der Waals surface area contributed by atoms with E-state index in [2.05, 4.69) is 0 Å². The number of hydrogen-bond donors (Lipinski definition) is 0. The van der Waals surface area contributed by atoms with Gasteiger partial charge in [-0.05, 0) is 25.0 Å². The highest BCUT2D eigenvalue weighted by Crippen LogP contribution is 2.35. The molecule has 1 aliphatic heterocycles. The van der Waals surface area contributed by atoms with E-state index in [-0.39, 0.29) is 13.1 Å². The lowest BCUT2D eigenvalue weighted by Gasteiger charge is -2.29. The molecule has 3 nitrogen and oxygen atoms in total. The minimum absolute atomic E-state index is 0.248. The minimum Gasteiger partial charge on any atom is -0.525 e. The standard InChI is InChI=1S/C13H15BO3/c15-13-11-8-4-5-9-12(11)16-14(17-13)10-6-2-1-3-7-10/h4-5,8-10H,1-3,6-7H2. The Labute approximate surface area is 101 Å². The summed E-state index contributed by atoms with van der Waals surface area (Å²) in [5, 5.41) is 0. The molecule has 0 radical (unpaired) electrons. The van der Waals surface area contributed by atoms with Gasteiger partial charge in [-0.2, -0.15) is 0 Å². The van der Waals surface area contributed by atoms with Gasteiger partial charge in [0.1, 0.15) is 5.75 Å². The Balaban J connectivity index is 1.80. The summed E-state index contributed by atoms with van der Waals surface area (Å²) in [4.78, 5) is 11.8. The molecule has 1 saturated carbocycles. The second-order valence-electron chi connectivity index (χ2n) is 4.79. The molecule has 0 atom stereocenters. The average molecular weight is 230 g/mol. The Kier molecular flexibility index (Phi) is 2.79. The molecule has 0 bridgehead atoms. The van der Waals surface area contributed by atoms with Crippen LogP contribution in [0.5, 0.6) is 5.75 Å². The molecule has 0 N–H and O–H groups in total. The maximum absolute atomic E-state index is 11.8. The smallest absolute Gasteiger partial charge is 0.525 e. The number of fused-ring (bicyclic) bond motifs is 1. The first-order valence-corrected chi connectivity index (χ1v) is 6.31. The van der Waals surface area contributed by atoms with Crippen LogP contribution in [0.3, 0.4) is 0 Å². The molecule has 17 heavy (non-hydrogen) atoms. The molecule has 0 amide bonds. The van der Waals surface area contributed by atoms with Gasteiger partial charge in [0, 0.05) is 5.82 Å². The molecule has 0 spiro atoms. The Hall–Kier alpha value is -1.45. The van der Waals surface area contributed by atoms with Crippen LogP contribution in [0.4, 0.5) is 0 Å². The van der Waals surface area contributed by atoms with Crippen molar-refractivity contribution >= 4 is 13.1 Å². The highest BCUT2D eigenvalue weighted by molar-refractivity contribution is 6.51. The van der Waals surface area contributed by atoms with Gasteiger partial charge in [-0.15, -0.1) is 0 Å². The lowest BCUT2D eigenvalue weighted by molar-refractivity contribution is 0.0668. The van der Waals surface area contributed by atoms with Crippen molar-refractivity contribution < 1.29 is 14.1 Å².